The highest BCUT2D eigenvalue weighted by molar-refractivity contribution is 5.98. The number of pyridine rings is 1. The van der Waals surface area contributed by atoms with Crippen molar-refractivity contribution in [2.24, 2.45) is 0 Å². The lowest BCUT2D eigenvalue weighted by atomic mass is 10.1. The van der Waals surface area contributed by atoms with Gasteiger partial charge in [0, 0.05) is 49.2 Å². The number of H-pyrrole nitrogens is 1. The summed E-state index contributed by atoms with van der Waals surface area (Å²) < 4.78 is 19.2. The predicted molar refractivity (Wildman–Crippen MR) is 96.3 cm³/mol. The summed E-state index contributed by atoms with van der Waals surface area (Å²) in [6.45, 7) is 3.03. The summed E-state index contributed by atoms with van der Waals surface area (Å²) in [5.74, 6) is 0.683. The van der Waals surface area contributed by atoms with Crippen LogP contribution in [0.1, 0.15) is 25.3 Å². The van der Waals surface area contributed by atoms with E-state index in [2.05, 4.69) is 21.3 Å². The zero-order chi connectivity index (χ0) is 17.3. The minimum atomic E-state index is 0.156. The average Bonchev–Trinajstić information content (AvgIpc) is 3.42. The minimum absolute atomic E-state index is 0.156. The molecule has 1 N–H and O–H groups in total. The Morgan fingerprint density at radius 2 is 2.04 bits per heavy atom. The van der Waals surface area contributed by atoms with E-state index in [1.165, 1.54) is 0 Å². The topological polar surface area (TPSA) is 74.2 Å². The van der Waals surface area contributed by atoms with Gasteiger partial charge < -0.3 is 19.2 Å². The summed E-state index contributed by atoms with van der Waals surface area (Å²) >= 11 is 0. The first-order chi connectivity index (χ1) is 12.9. The van der Waals surface area contributed by atoms with E-state index in [0.717, 1.165) is 67.7 Å². The highest BCUT2D eigenvalue weighted by Crippen LogP contribution is 2.35. The standard InChI is InChI=1S/C19H22N4O3/c1-5-20-19(26-15-3-7-24-8-4-15)18-16(10-21-17(1)18)13-9-22-23(11-13)14-2-6-25-12-14/h1,5,9-11,14-15,21H,2-4,6-8,12H2. The molecule has 3 aromatic heterocycles. The van der Waals surface area contributed by atoms with E-state index >= 15 is 0 Å². The van der Waals surface area contributed by atoms with E-state index in [0.29, 0.717) is 11.9 Å². The fraction of sp³-hybridized carbons (Fsp3) is 0.474. The Kier molecular flexibility index (Phi) is 4.10. The molecule has 7 heteroatoms. The lowest BCUT2D eigenvalue weighted by molar-refractivity contribution is 0.0244. The van der Waals surface area contributed by atoms with Crippen LogP contribution >= 0.6 is 0 Å². The van der Waals surface area contributed by atoms with Crippen LogP contribution in [-0.4, -0.2) is 52.3 Å². The van der Waals surface area contributed by atoms with E-state index in [1.54, 1.807) is 6.20 Å². The molecule has 0 radical (unpaired) electrons. The fourth-order valence-corrected chi connectivity index (χ4v) is 3.72. The van der Waals surface area contributed by atoms with Gasteiger partial charge in [0.2, 0.25) is 5.88 Å². The molecule has 0 spiro atoms. The van der Waals surface area contributed by atoms with E-state index in [1.807, 2.05) is 23.1 Å². The number of nitrogens with one attached hydrogen (secondary N) is 1. The molecule has 0 bridgehead atoms. The molecule has 5 heterocycles. The van der Waals surface area contributed by atoms with Crippen LogP contribution in [0, 0.1) is 0 Å². The van der Waals surface area contributed by atoms with Gasteiger partial charge in [0.15, 0.2) is 0 Å². The van der Waals surface area contributed by atoms with Crippen molar-refractivity contribution >= 4 is 10.9 Å². The van der Waals surface area contributed by atoms with Crippen LogP contribution in [0.5, 0.6) is 5.88 Å². The lowest BCUT2D eigenvalue weighted by Gasteiger charge is -2.23. The normalized spacial score (nSPS) is 21.5. The third-order valence-electron chi connectivity index (χ3n) is 5.20. The van der Waals surface area contributed by atoms with Crippen LogP contribution < -0.4 is 4.74 Å². The summed E-state index contributed by atoms with van der Waals surface area (Å²) in [5.41, 5.74) is 3.15. The Hall–Kier alpha value is -2.38. The molecule has 7 nitrogen and oxygen atoms in total. The van der Waals surface area contributed by atoms with Crippen LogP contribution in [0.2, 0.25) is 0 Å². The quantitative estimate of drug-likeness (QED) is 0.780. The third-order valence-corrected chi connectivity index (χ3v) is 5.20. The molecule has 3 aromatic rings. The molecular formula is C19H22N4O3. The highest BCUT2D eigenvalue weighted by Gasteiger charge is 2.22. The lowest BCUT2D eigenvalue weighted by Crippen LogP contribution is -2.26. The maximum atomic E-state index is 6.24. The minimum Gasteiger partial charge on any atom is -0.474 e. The van der Waals surface area contributed by atoms with Gasteiger partial charge in [-0.3, -0.25) is 4.68 Å². The molecule has 2 aliphatic heterocycles. The summed E-state index contributed by atoms with van der Waals surface area (Å²) in [4.78, 5) is 7.85. The first-order valence-electron chi connectivity index (χ1n) is 9.21. The Balaban J connectivity index is 1.49. The molecule has 0 saturated carbocycles. The Morgan fingerprint density at radius 1 is 1.15 bits per heavy atom. The number of aromatic amines is 1. The predicted octanol–water partition coefficient (Wildman–Crippen LogP) is 2.95. The van der Waals surface area contributed by atoms with Gasteiger partial charge in [0.25, 0.3) is 0 Å². The molecule has 2 aliphatic rings. The van der Waals surface area contributed by atoms with Crippen molar-refractivity contribution in [3.63, 3.8) is 0 Å². The number of hydrogen-bond donors (Lipinski definition) is 1. The van der Waals surface area contributed by atoms with Crippen LogP contribution in [0.15, 0.2) is 30.9 Å². The molecule has 0 aliphatic carbocycles. The summed E-state index contributed by atoms with van der Waals surface area (Å²) in [5, 5.41) is 5.57. The maximum absolute atomic E-state index is 6.24. The maximum Gasteiger partial charge on any atom is 0.223 e. The summed E-state index contributed by atoms with van der Waals surface area (Å²) in [6.07, 6.45) is 10.8. The van der Waals surface area contributed by atoms with Crippen molar-refractivity contribution in [2.75, 3.05) is 26.4 Å². The van der Waals surface area contributed by atoms with Gasteiger partial charge >= 0.3 is 0 Å². The average molecular weight is 354 g/mol. The molecular weight excluding hydrogens is 332 g/mol. The van der Waals surface area contributed by atoms with Crippen molar-refractivity contribution in [1.29, 1.82) is 0 Å². The number of nitrogens with zero attached hydrogens (tertiary/aromatic N) is 3. The van der Waals surface area contributed by atoms with Gasteiger partial charge in [0.05, 0.1) is 43.0 Å². The molecule has 5 rings (SSSR count). The molecule has 26 heavy (non-hydrogen) atoms. The van der Waals surface area contributed by atoms with Crippen molar-refractivity contribution in [2.45, 2.75) is 31.4 Å². The fourth-order valence-electron chi connectivity index (χ4n) is 3.72. The number of ether oxygens (including phenoxy) is 3. The number of aromatic nitrogens is 4. The highest BCUT2D eigenvalue weighted by atomic mass is 16.5. The summed E-state index contributed by atoms with van der Waals surface area (Å²) in [7, 11) is 0. The van der Waals surface area contributed by atoms with Gasteiger partial charge in [-0.1, -0.05) is 0 Å². The van der Waals surface area contributed by atoms with E-state index in [4.69, 9.17) is 14.2 Å². The van der Waals surface area contributed by atoms with Gasteiger partial charge in [-0.2, -0.15) is 5.10 Å². The number of hydrogen-bond acceptors (Lipinski definition) is 5. The van der Waals surface area contributed by atoms with Crippen LogP contribution in [-0.2, 0) is 9.47 Å². The number of fused-ring (bicyclic) bond motifs is 1. The zero-order valence-electron chi connectivity index (χ0n) is 14.6. The molecule has 1 unspecified atom stereocenters. The smallest absolute Gasteiger partial charge is 0.223 e. The van der Waals surface area contributed by atoms with Crippen molar-refractivity contribution in [3.05, 3.63) is 30.9 Å². The molecule has 2 saturated heterocycles. The van der Waals surface area contributed by atoms with E-state index < -0.39 is 0 Å². The Bertz CT molecular complexity index is 891. The number of rotatable bonds is 4. The monoisotopic (exact) mass is 354 g/mol. The van der Waals surface area contributed by atoms with Gasteiger partial charge in [-0.05, 0) is 12.5 Å². The Labute approximate surface area is 151 Å². The molecule has 2 fully saturated rings. The van der Waals surface area contributed by atoms with Crippen LogP contribution in [0.3, 0.4) is 0 Å². The van der Waals surface area contributed by atoms with Gasteiger partial charge in [-0.25, -0.2) is 4.98 Å². The molecule has 1 atom stereocenters. The second-order valence-electron chi connectivity index (χ2n) is 6.90. The van der Waals surface area contributed by atoms with E-state index in [-0.39, 0.29) is 6.10 Å². The third kappa shape index (κ3) is 2.87. The van der Waals surface area contributed by atoms with Gasteiger partial charge in [-0.15, -0.1) is 0 Å². The summed E-state index contributed by atoms with van der Waals surface area (Å²) in [6, 6.07) is 2.30. The zero-order valence-corrected chi connectivity index (χ0v) is 14.6. The van der Waals surface area contributed by atoms with Crippen LogP contribution in [0.4, 0.5) is 0 Å². The van der Waals surface area contributed by atoms with Crippen molar-refractivity contribution in [3.8, 4) is 17.0 Å². The van der Waals surface area contributed by atoms with Crippen molar-refractivity contribution in [1.82, 2.24) is 19.7 Å². The molecule has 0 aromatic carbocycles. The SMILES string of the molecule is c1cc2[nH]cc(-c3cnn(C4CCOC4)c3)c2c(OC2CCOCC2)n1. The van der Waals surface area contributed by atoms with Crippen LogP contribution in [0.25, 0.3) is 22.0 Å². The first-order valence-corrected chi connectivity index (χ1v) is 9.21. The second-order valence-corrected chi connectivity index (χ2v) is 6.90. The van der Waals surface area contributed by atoms with E-state index in [9.17, 15) is 0 Å². The Morgan fingerprint density at radius 3 is 2.88 bits per heavy atom. The molecule has 136 valence electrons. The van der Waals surface area contributed by atoms with Crippen molar-refractivity contribution < 1.29 is 14.2 Å². The second kappa shape index (κ2) is 6.74. The first kappa shape index (κ1) is 15.8. The largest absolute Gasteiger partial charge is 0.474 e. The molecule has 0 amide bonds. The van der Waals surface area contributed by atoms with Gasteiger partial charge in [0.1, 0.15) is 6.10 Å².